The van der Waals surface area contributed by atoms with Gasteiger partial charge in [-0.15, -0.1) is 0 Å². The Morgan fingerprint density at radius 3 is 2.85 bits per heavy atom. The summed E-state index contributed by atoms with van der Waals surface area (Å²) >= 11 is 3.24. The first-order valence-corrected chi connectivity index (χ1v) is 4.35. The quantitative estimate of drug-likeness (QED) is 0.885. The number of carboxylic acid groups (broad SMARTS) is 1. The van der Waals surface area contributed by atoms with Crippen LogP contribution in [0.15, 0.2) is 22.7 Å². The van der Waals surface area contributed by atoms with E-state index in [1.54, 1.807) is 18.2 Å². The average Bonchev–Trinajstić information content (AvgIpc) is 2.02. The SMILES string of the molecule is [CH2]c1ccc(OCC(=O)O)c(Br)c1. The summed E-state index contributed by atoms with van der Waals surface area (Å²) in [4.78, 5) is 10.2. The topological polar surface area (TPSA) is 46.5 Å². The summed E-state index contributed by atoms with van der Waals surface area (Å²) in [5.74, 6) is -0.486. The third kappa shape index (κ3) is 3.06. The Morgan fingerprint density at radius 1 is 1.62 bits per heavy atom. The Kier molecular flexibility index (Phi) is 3.31. The summed E-state index contributed by atoms with van der Waals surface area (Å²) < 4.78 is 5.69. The van der Waals surface area contributed by atoms with E-state index in [1.807, 2.05) is 0 Å². The van der Waals surface area contributed by atoms with E-state index in [0.29, 0.717) is 10.2 Å². The highest BCUT2D eigenvalue weighted by molar-refractivity contribution is 9.10. The van der Waals surface area contributed by atoms with Gasteiger partial charge in [0.15, 0.2) is 6.61 Å². The molecule has 0 aromatic heterocycles. The lowest BCUT2D eigenvalue weighted by Gasteiger charge is -2.05. The number of carbonyl (C=O) groups is 1. The number of rotatable bonds is 3. The molecule has 3 nitrogen and oxygen atoms in total. The molecule has 0 aliphatic rings. The second-order valence-corrected chi connectivity index (χ2v) is 3.30. The second kappa shape index (κ2) is 4.28. The molecule has 0 heterocycles. The summed E-state index contributed by atoms with van der Waals surface area (Å²) in [7, 11) is 0. The van der Waals surface area contributed by atoms with E-state index in [2.05, 4.69) is 22.9 Å². The fourth-order valence-corrected chi connectivity index (χ4v) is 1.34. The molecule has 0 unspecified atom stereocenters. The van der Waals surface area contributed by atoms with Crippen LogP contribution in [-0.2, 0) is 4.79 Å². The van der Waals surface area contributed by atoms with Gasteiger partial charge in [-0.3, -0.25) is 0 Å². The van der Waals surface area contributed by atoms with Crippen LogP contribution in [0.3, 0.4) is 0 Å². The molecule has 69 valence electrons. The molecule has 0 atom stereocenters. The smallest absolute Gasteiger partial charge is 0.341 e. The van der Waals surface area contributed by atoms with Crippen LogP contribution < -0.4 is 4.74 Å². The summed E-state index contributed by atoms with van der Waals surface area (Å²) in [5.41, 5.74) is 0.842. The van der Waals surface area contributed by atoms with Gasteiger partial charge in [-0.2, -0.15) is 0 Å². The Bertz CT molecular complexity index is 323. The van der Waals surface area contributed by atoms with Gasteiger partial charge in [0.2, 0.25) is 0 Å². The van der Waals surface area contributed by atoms with E-state index in [0.717, 1.165) is 5.56 Å². The Balaban J connectivity index is 2.72. The molecule has 4 heteroatoms. The summed E-state index contributed by atoms with van der Waals surface area (Å²) in [5, 5.41) is 8.37. The first-order chi connectivity index (χ1) is 6.09. The maximum absolute atomic E-state index is 10.2. The van der Waals surface area contributed by atoms with E-state index < -0.39 is 5.97 Å². The first kappa shape index (κ1) is 10.1. The van der Waals surface area contributed by atoms with Crippen molar-refractivity contribution in [1.29, 1.82) is 0 Å². The van der Waals surface area contributed by atoms with Gasteiger partial charge < -0.3 is 9.84 Å². The van der Waals surface area contributed by atoms with Gasteiger partial charge in [0.05, 0.1) is 4.47 Å². The van der Waals surface area contributed by atoms with Gasteiger partial charge in [-0.1, -0.05) is 6.07 Å². The molecule has 0 saturated carbocycles. The molecule has 1 aromatic carbocycles. The minimum absolute atomic E-state index is 0.338. The molecule has 1 N–H and O–H groups in total. The number of hydrogen-bond donors (Lipinski definition) is 1. The van der Waals surface area contributed by atoms with Crippen molar-refractivity contribution >= 4 is 21.9 Å². The molecule has 1 aromatic rings. The molecule has 1 rings (SSSR count). The average molecular weight is 244 g/mol. The van der Waals surface area contributed by atoms with E-state index in [4.69, 9.17) is 9.84 Å². The molecule has 0 aliphatic carbocycles. The third-order valence-corrected chi connectivity index (χ3v) is 1.97. The van der Waals surface area contributed by atoms with Crippen molar-refractivity contribution in [2.75, 3.05) is 6.61 Å². The zero-order valence-electron chi connectivity index (χ0n) is 6.79. The van der Waals surface area contributed by atoms with Crippen molar-refractivity contribution in [1.82, 2.24) is 0 Å². The Hall–Kier alpha value is -1.03. The van der Waals surface area contributed by atoms with Crippen molar-refractivity contribution in [3.05, 3.63) is 35.2 Å². The van der Waals surface area contributed by atoms with Gasteiger partial charge in [0.1, 0.15) is 5.75 Å². The number of halogens is 1. The normalized spacial score (nSPS) is 9.69. The monoisotopic (exact) mass is 243 g/mol. The van der Waals surface area contributed by atoms with Gasteiger partial charge in [0, 0.05) is 0 Å². The zero-order valence-corrected chi connectivity index (χ0v) is 8.37. The molecule has 0 spiro atoms. The number of carboxylic acids is 1. The zero-order chi connectivity index (χ0) is 9.84. The lowest BCUT2D eigenvalue weighted by molar-refractivity contribution is -0.139. The summed E-state index contributed by atoms with van der Waals surface area (Å²) in [6.45, 7) is 3.38. The fourth-order valence-electron chi connectivity index (χ4n) is 0.801. The Labute approximate surface area is 84.5 Å². The van der Waals surface area contributed by atoms with Crippen LogP contribution in [0.25, 0.3) is 0 Å². The highest BCUT2D eigenvalue weighted by Crippen LogP contribution is 2.25. The third-order valence-electron chi connectivity index (χ3n) is 1.35. The van der Waals surface area contributed by atoms with Gasteiger partial charge in [-0.25, -0.2) is 4.79 Å². The van der Waals surface area contributed by atoms with E-state index in [-0.39, 0.29) is 6.61 Å². The maximum Gasteiger partial charge on any atom is 0.341 e. The number of ether oxygens (including phenoxy) is 1. The molecule has 0 saturated heterocycles. The van der Waals surface area contributed by atoms with Crippen LogP contribution in [0.2, 0.25) is 0 Å². The predicted molar refractivity (Wildman–Crippen MR) is 51.7 cm³/mol. The van der Waals surface area contributed by atoms with E-state index >= 15 is 0 Å². The fraction of sp³-hybridized carbons (Fsp3) is 0.111. The standard InChI is InChI=1S/C9H8BrO3/c1-6-2-3-8(7(10)4-6)13-5-9(11)12/h2-4H,1,5H2,(H,11,12). The van der Waals surface area contributed by atoms with Crippen molar-refractivity contribution in [2.24, 2.45) is 0 Å². The second-order valence-electron chi connectivity index (χ2n) is 2.45. The highest BCUT2D eigenvalue weighted by atomic mass is 79.9. The van der Waals surface area contributed by atoms with Crippen LogP contribution in [0.1, 0.15) is 5.56 Å². The molecular formula is C9H8BrO3. The molecule has 0 bridgehead atoms. The van der Waals surface area contributed by atoms with E-state index in [9.17, 15) is 4.79 Å². The van der Waals surface area contributed by atoms with Crippen LogP contribution in [0.4, 0.5) is 0 Å². The van der Waals surface area contributed by atoms with Gasteiger partial charge >= 0.3 is 5.97 Å². The lowest BCUT2D eigenvalue weighted by atomic mass is 10.2. The Morgan fingerprint density at radius 2 is 2.31 bits per heavy atom. The molecular weight excluding hydrogens is 236 g/mol. The molecule has 0 aliphatic heterocycles. The highest BCUT2D eigenvalue weighted by Gasteiger charge is 2.03. The predicted octanol–water partition coefficient (Wildman–Crippen LogP) is 2.09. The van der Waals surface area contributed by atoms with Crippen molar-refractivity contribution in [2.45, 2.75) is 0 Å². The largest absolute Gasteiger partial charge is 0.481 e. The minimum Gasteiger partial charge on any atom is -0.481 e. The van der Waals surface area contributed by atoms with Crippen LogP contribution in [0.5, 0.6) is 5.75 Å². The van der Waals surface area contributed by atoms with Crippen LogP contribution in [0, 0.1) is 6.92 Å². The summed E-state index contributed by atoms with van der Waals surface area (Å²) in [6.07, 6.45) is 0. The van der Waals surface area contributed by atoms with Crippen LogP contribution >= 0.6 is 15.9 Å². The molecule has 1 radical (unpaired) electrons. The van der Waals surface area contributed by atoms with Crippen molar-refractivity contribution in [3.8, 4) is 5.75 Å². The summed E-state index contributed by atoms with van der Waals surface area (Å²) in [6, 6.07) is 5.19. The van der Waals surface area contributed by atoms with Gasteiger partial charge in [0.25, 0.3) is 0 Å². The van der Waals surface area contributed by atoms with Crippen LogP contribution in [-0.4, -0.2) is 17.7 Å². The lowest BCUT2D eigenvalue weighted by Crippen LogP contribution is -2.09. The van der Waals surface area contributed by atoms with Crippen molar-refractivity contribution in [3.63, 3.8) is 0 Å². The molecule has 0 fully saturated rings. The van der Waals surface area contributed by atoms with Gasteiger partial charge in [-0.05, 0) is 40.5 Å². The van der Waals surface area contributed by atoms with Crippen molar-refractivity contribution < 1.29 is 14.6 Å². The first-order valence-electron chi connectivity index (χ1n) is 3.55. The number of aliphatic carboxylic acids is 1. The maximum atomic E-state index is 10.2. The molecule has 13 heavy (non-hydrogen) atoms. The minimum atomic E-state index is -0.995. The number of hydrogen-bond acceptors (Lipinski definition) is 2. The number of benzene rings is 1. The van der Waals surface area contributed by atoms with E-state index in [1.165, 1.54) is 0 Å². The molecule has 0 amide bonds.